The molecule has 0 aliphatic rings. The zero-order chi connectivity index (χ0) is 16.2. The molecule has 0 fully saturated rings. The van der Waals surface area contributed by atoms with Crippen LogP contribution in [-0.4, -0.2) is 33.3 Å². The third kappa shape index (κ3) is 4.14. The van der Waals surface area contributed by atoms with Gasteiger partial charge in [0.2, 0.25) is 5.78 Å². The molecule has 0 aliphatic carbocycles. The van der Waals surface area contributed by atoms with Crippen molar-refractivity contribution in [3.63, 3.8) is 0 Å². The van der Waals surface area contributed by atoms with E-state index in [1.807, 2.05) is 0 Å². The summed E-state index contributed by atoms with van der Waals surface area (Å²) in [6, 6.07) is 5.39. The van der Waals surface area contributed by atoms with Crippen molar-refractivity contribution in [1.29, 1.82) is 0 Å². The van der Waals surface area contributed by atoms with Crippen LogP contribution in [0.5, 0.6) is 0 Å². The molecule has 0 heterocycles. The van der Waals surface area contributed by atoms with Crippen molar-refractivity contribution in [2.75, 3.05) is 0 Å². The Morgan fingerprint density at radius 1 is 0.952 bits per heavy atom. The number of Topliss-reactive ketones (excluding diaryl/α,β-unsaturated/α-hetero) is 4. The van der Waals surface area contributed by atoms with E-state index >= 15 is 0 Å². The second-order valence-electron chi connectivity index (χ2n) is 4.82. The van der Waals surface area contributed by atoms with Gasteiger partial charge in [0.25, 0.3) is 5.79 Å². The molecule has 0 spiro atoms. The van der Waals surface area contributed by atoms with Crippen molar-refractivity contribution < 1.29 is 29.4 Å². The SMILES string of the molecule is CC(=O)CC(=O)c1ccccc1C(O)(O)C(=O)CC(C)=O. The lowest BCUT2D eigenvalue weighted by atomic mass is 9.91. The molecule has 0 saturated heterocycles. The maximum atomic E-state index is 11.9. The smallest absolute Gasteiger partial charge is 0.252 e. The molecule has 1 aromatic rings. The van der Waals surface area contributed by atoms with Gasteiger partial charge in [-0.1, -0.05) is 24.3 Å². The van der Waals surface area contributed by atoms with Crippen LogP contribution < -0.4 is 0 Å². The highest BCUT2D eigenvalue weighted by atomic mass is 16.5. The minimum atomic E-state index is -2.95. The summed E-state index contributed by atoms with van der Waals surface area (Å²) >= 11 is 0. The Balaban J connectivity index is 3.23. The molecule has 0 saturated carbocycles. The van der Waals surface area contributed by atoms with Crippen LogP contribution in [0.4, 0.5) is 0 Å². The zero-order valence-corrected chi connectivity index (χ0v) is 11.8. The minimum Gasteiger partial charge on any atom is -0.356 e. The summed E-state index contributed by atoms with van der Waals surface area (Å²) in [6.07, 6.45) is -1.07. The van der Waals surface area contributed by atoms with Gasteiger partial charge in [0.05, 0.1) is 12.8 Å². The first-order valence-corrected chi connectivity index (χ1v) is 6.26. The number of benzene rings is 1. The van der Waals surface area contributed by atoms with E-state index in [1.54, 1.807) is 0 Å². The summed E-state index contributed by atoms with van der Waals surface area (Å²) in [5, 5.41) is 20.0. The van der Waals surface area contributed by atoms with Crippen LogP contribution in [0.1, 0.15) is 42.6 Å². The largest absolute Gasteiger partial charge is 0.356 e. The molecule has 21 heavy (non-hydrogen) atoms. The number of hydrogen-bond donors (Lipinski definition) is 2. The van der Waals surface area contributed by atoms with Crippen LogP contribution in [0.2, 0.25) is 0 Å². The summed E-state index contributed by atoms with van der Waals surface area (Å²) in [5.74, 6) is -5.61. The summed E-state index contributed by atoms with van der Waals surface area (Å²) in [5.41, 5.74) is -0.461. The molecule has 0 radical (unpaired) electrons. The van der Waals surface area contributed by atoms with E-state index in [4.69, 9.17) is 0 Å². The number of rotatable bonds is 7. The van der Waals surface area contributed by atoms with Crippen LogP contribution in [0.25, 0.3) is 0 Å². The van der Waals surface area contributed by atoms with Crippen molar-refractivity contribution in [1.82, 2.24) is 0 Å². The van der Waals surface area contributed by atoms with Gasteiger partial charge in [-0.15, -0.1) is 0 Å². The summed E-state index contributed by atoms with van der Waals surface area (Å²) in [7, 11) is 0. The maximum Gasteiger partial charge on any atom is 0.252 e. The van der Waals surface area contributed by atoms with E-state index < -0.39 is 36.0 Å². The normalized spacial score (nSPS) is 11.0. The van der Waals surface area contributed by atoms with Gasteiger partial charge < -0.3 is 10.2 Å². The molecular weight excluding hydrogens is 276 g/mol. The molecule has 0 bridgehead atoms. The molecule has 2 N–H and O–H groups in total. The quantitative estimate of drug-likeness (QED) is 0.431. The fourth-order valence-electron chi connectivity index (χ4n) is 1.85. The van der Waals surface area contributed by atoms with Gasteiger partial charge in [0.15, 0.2) is 5.78 Å². The fraction of sp³-hybridized carbons (Fsp3) is 0.333. The molecule has 0 aliphatic heterocycles. The summed E-state index contributed by atoms with van der Waals surface area (Å²) in [6.45, 7) is 2.37. The van der Waals surface area contributed by atoms with E-state index in [1.165, 1.54) is 31.2 Å². The van der Waals surface area contributed by atoms with Gasteiger partial charge in [-0.3, -0.25) is 19.2 Å². The summed E-state index contributed by atoms with van der Waals surface area (Å²) < 4.78 is 0. The summed E-state index contributed by atoms with van der Waals surface area (Å²) in [4.78, 5) is 45.7. The molecular formula is C15H16O6. The molecule has 6 heteroatoms. The predicted octanol–water partition coefficient (Wildman–Crippen LogP) is 0.534. The molecule has 0 atom stereocenters. The predicted molar refractivity (Wildman–Crippen MR) is 72.5 cm³/mol. The molecule has 0 amide bonds. The monoisotopic (exact) mass is 292 g/mol. The van der Waals surface area contributed by atoms with Crippen molar-refractivity contribution in [3.05, 3.63) is 35.4 Å². The van der Waals surface area contributed by atoms with Crippen LogP contribution in [0, 0.1) is 0 Å². The Hall–Kier alpha value is -2.18. The third-order valence-electron chi connectivity index (χ3n) is 2.81. The number of carbonyl (C=O) groups excluding carboxylic acids is 4. The maximum absolute atomic E-state index is 11.9. The van der Waals surface area contributed by atoms with Gasteiger partial charge >= 0.3 is 0 Å². The zero-order valence-electron chi connectivity index (χ0n) is 11.8. The first kappa shape index (κ1) is 16.9. The number of ketones is 4. The van der Waals surface area contributed by atoms with Gasteiger partial charge in [-0.05, 0) is 13.8 Å². The topological polar surface area (TPSA) is 109 Å². The Bertz CT molecular complexity index is 600. The first-order chi connectivity index (χ1) is 9.66. The Morgan fingerprint density at radius 3 is 2.00 bits per heavy atom. The van der Waals surface area contributed by atoms with Gasteiger partial charge in [0, 0.05) is 11.1 Å². The lowest BCUT2D eigenvalue weighted by Crippen LogP contribution is -2.38. The highest BCUT2D eigenvalue weighted by Gasteiger charge is 2.38. The van der Waals surface area contributed by atoms with Crippen molar-refractivity contribution >= 4 is 23.1 Å². The Morgan fingerprint density at radius 2 is 1.48 bits per heavy atom. The molecule has 1 rings (SSSR count). The lowest BCUT2D eigenvalue weighted by Gasteiger charge is -2.22. The van der Waals surface area contributed by atoms with Crippen LogP contribution in [-0.2, 0) is 20.2 Å². The fourth-order valence-corrected chi connectivity index (χ4v) is 1.85. The second-order valence-corrected chi connectivity index (χ2v) is 4.82. The molecule has 0 unspecified atom stereocenters. The number of aliphatic hydroxyl groups is 2. The van der Waals surface area contributed by atoms with Crippen molar-refractivity contribution in [3.8, 4) is 0 Å². The van der Waals surface area contributed by atoms with Gasteiger partial charge in [-0.2, -0.15) is 0 Å². The van der Waals surface area contributed by atoms with E-state index in [2.05, 4.69) is 0 Å². The van der Waals surface area contributed by atoms with E-state index in [0.717, 1.165) is 6.92 Å². The van der Waals surface area contributed by atoms with E-state index in [-0.39, 0.29) is 16.9 Å². The molecule has 112 valence electrons. The standard InChI is InChI=1S/C15H16O6/c1-9(16)7-13(18)11-5-3-4-6-12(11)15(20,21)14(19)8-10(2)17/h3-6,20-21H,7-8H2,1-2H3. The van der Waals surface area contributed by atoms with E-state index in [9.17, 15) is 29.4 Å². The number of hydrogen-bond acceptors (Lipinski definition) is 6. The first-order valence-electron chi connectivity index (χ1n) is 6.26. The Kier molecular flexibility index (Phi) is 5.23. The van der Waals surface area contributed by atoms with Crippen LogP contribution in [0.15, 0.2) is 24.3 Å². The second kappa shape index (κ2) is 6.51. The van der Waals surface area contributed by atoms with Crippen LogP contribution in [0.3, 0.4) is 0 Å². The molecule has 0 aromatic heterocycles. The van der Waals surface area contributed by atoms with E-state index in [0.29, 0.717) is 0 Å². The highest BCUT2D eigenvalue weighted by Crippen LogP contribution is 2.25. The van der Waals surface area contributed by atoms with Crippen LogP contribution >= 0.6 is 0 Å². The highest BCUT2D eigenvalue weighted by molar-refractivity contribution is 6.09. The van der Waals surface area contributed by atoms with Crippen molar-refractivity contribution in [2.45, 2.75) is 32.5 Å². The lowest BCUT2D eigenvalue weighted by molar-refractivity contribution is -0.187. The third-order valence-corrected chi connectivity index (χ3v) is 2.81. The average Bonchev–Trinajstić information content (AvgIpc) is 2.37. The number of carbonyl (C=O) groups is 4. The molecule has 1 aromatic carbocycles. The van der Waals surface area contributed by atoms with Gasteiger partial charge in [0.1, 0.15) is 11.6 Å². The van der Waals surface area contributed by atoms with Gasteiger partial charge in [-0.25, -0.2) is 0 Å². The Labute approximate surface area is 121 Å². The minimum absolute atomic E-state index is 0.130. The van der Waals surface area contributed by atoms with Crippen molar-refractivity contribution in [2.24, 2.45) is 0 Å². The average molecular weight is 292 g/mol. The molecule has 6 nitrogen and oxygen atoms in total.